The molecule has 0 saturated carbocycles. The van der Waals surface area contributed by atoms with Gasteiger partial charge in [0.25, 0.3) is 0 Å². The second-order valence-corrected chi connectivity index (χ2v) is 20.4. The van der Waals surface area contributed by atoms with Crippen molar-refractivity contribution in [1.29, 1.82) is 0 Å². The second-order valence-electron chi connectivity index (χ2n) is 7.15. The first-order valence-corrected chi connectivity index (χ1v) is 17.2. The zero-order chi connectivity index (χ0) is 16.5. The first-order valence-electron chi connectivity index (χ1n) is 9.75. The van der Waals surface area contributed by atoms with Gasteiger partial charge in [-0.25, -0.2) is 0 Å². The van der Waals surface area contributed by atoms with Crippen molar-refractivity contribution in [1.82, 2.24) is 0 Å². The molecule has 0 spiro atoms. The van der Waals surface area contributed by atoms with Gasteiger partial charge in [0.1, 0.15) is 0 Å². The van der Waals surface area contributed by atoms with Gasteiger partial charge < -0.3 is 0 Å². The van der Waals surface area contributed by atoms with Crippen LogP contribution in [0.1, 0.15) is 59.3 Å². The fourth-order valence-corrected chi connectivity index (χ4v) is 19.8. The Bertz CT molecular complexity index is 493. The van der Waals surface area contributed by atoms with E-state index in [0.29, 0.717) is 0 Å². The van der Waals surface area contributed by atoms with Gasteiger partial charge in [-0.05, 0) is 0 Å². The number of hydrogen-bond acceptors (Lipinski definition) is 0. The molecule has 0 N–H and O–H groups in total. The zero-order valence-electron chi connectivity index (χ0n) is 15.4. The maximum atomic E-state index is 2.51. The molecule has 126 valence electrons. The van der Waals surface area contributed by atoms with Crippen molar-refractivity contribution < 1.29 is 0 Å². The molecule has 1 heteroatoms. The van der Waals surface area contributed by atoms with E-state index in [-0.39, 0.29) is 0 Å². The summed E-state index contributed by atoms with van der Waals surface area (Å²) in [6, 6.07) is 16.5. The van der Waals surface area contributed by atoms with Gasteiger partial charge in [-0.2, -0.15) is 0 Å². The summed E-state index contributed by atoms with van der Waals surface area (Å²) in [5.74, 6) is 0. The van der Waals surface area contributed by atoms with Crippen molar-refractivity contribution in [2.24, 2.45) is 0 Å². The molecule has 0 aromatic rings. The molecule has 0 fully saturated rings. The van der Waals surface area contributed by atoms with Crippen LogP contribution in [0.4, 0.5) is 0 Å². The average molecular weight is 417 g/mol. The Morgan fingerprint density at radius 2 is 1.04 bits per heavy atom. The molecule has 2 aliphatic rings. The second kappa shape index (κ2) is 9.71. The maximum absolute atomic E-state index is 2.51. The van der Waals surface area contributed by atoms with Crippen LogP contribution in [0.2, 0.25) is 13.3 Å². The molecule has 0 aromatic carbocycles. The number of hydrogen-bond donors (Lipinski definition) is 0. The molecule has 2 rings (SSSR count). The van der Waals surface area contributed by atoms with E-state index < -0.39 is 18.4 Å². The van der Waals surface area contributed by atoms with Crippen molar-refractivity contribution in [2.75, 3.05) is 0 Å². The Kier molecular flexibility index (Phi) is 7.95. The third-order valence-electron chi connectivity index (χ3n) is 5.41. The van der Waals surface area contributed by atoms with Gasteiger partial charge in [-0.3, -0.25) is 0 Å². The Labute approximate surface area is 147 Å². The van der Waals surface area contributed by atoms with Crippen LogP contribution in [0.5, 0.6) is 0 Å². The summed E-state index contributed by atoms with van der Waals surface area (Å²) in [4.78, 5) is 0. The summed E-state index contributed by atoms with van der Waals surface area (Å²) in [5, 5.41) is 0. The van der Waals surface area contributed by atoms with Crippen LogP contribution >= 0.6 is 0 Å². The number of unbranched alkanes of at least 4 members (excludes halogenated alkanes) is 3. The van der Waals surface area contributed by atoms with Gasteiger partial charge >= 0.3 is 148 Å². The van der Waals surface area contributed by atoms with Crippen LogP contribution in [-0.2, 0) is 0 Å². The summed E-state index contributed by atoms with van der Waals surface area (Å²) in [6.45, 7) is 7.07. The predicted molar refractivity (Wildman–Crippen MR) is 108 cm³/mol. The van der Waals surface area contributed by atoms with E-state index in [1.54, 1.807) is 16.9 Å². The Morgan fingerprint density at radius 1 is 0.609 bits per heavy atom. The Balaban J connectivity index is 2.39. The van der Waals surface area contributed by atoms with Crippen LogP contribution < -0.4 is 3.58 Å². The van der Waals surface area contributed by atoms with E-state index in [4.69, 9.17) is 0 Å². The molecule has 23 heavy (non-hydrogen) atoms. The van der Waals surface area contributed by atoms with Crippen molar-refractivity contribution in [2.45, 2.75) is 72.6 Å². The number of fused-ring (bicyclic) bond motifs is 1. The van der Waals surface area contributed by atoms with Gasteiger partial charge in [0.15, 0.2) is 0 Å². The van der Waals surface area contributed by atoms with Crippen LogP contribution in [0, 0.1) is 0 Å². The minimum absolute atomic E-state index is 1.35. The molecule has 0 saturated heterocycles. The molecule has 0 bridgehead atoms. The van der Waals surface area contributed by atoms with E-state index in [0.717, 1.165) is 0 Å². The summed E-state index contributed by atoms with van der Waals surface area (Å²) in [7, 11) is 0. The van der Waals surface area contributed by atoms with Crippen LogP contribution in [0.3, 0.4) is 0 Å². The molecule has 0 nitrogen and oxygen atoms in total. The zero-order valence-corrected chi connectivity index (χ0v) is 18.3. The van der Waals surface area contributed by atoms with Crippen LogP contribution in [-0.4, -0.2) is 18.4 Å². The van der Waals surface area contributed by atoms with Crippen LogP contribution in [0.25, 0.3) is 11.1 Å². The summed E-state index contributed by atoms with van der Waals surface area (Å²) in [6.07, 6.45) is 8.37. The quantitative estimate of drug-likeness (QED) is 0.371. The predicted octanol–water partition coefficient (Wildman–Crippen LogP) is 6.85. The molecule has 0 aliphatic heterocycles. The molecule has 0 radical (unpaired) electrons. The molecule has 2 aliphatic carbocycles. The third kappa shape index (κ3) is 4.98. The summed E-state index contributed by atoms with van der Waals surface area (Å²) >= 11 is -2.25. The molecule has 0 amide bonds. The van der Waals surface area contributed by atoms with E-state index in [1.165, 1.54) is 49.7 Å². The first kappa shape index (κ1) is 18.8. The van der Waals surface area contributed by atoms with Crippen molar-refractivity contribution in [3.05, 3.63) is 42.5 Å². The fraction of sp³-hybridized carbons (Fsp3) is 0.545. The number of rotatable bonds is 10. The molecule has 0 atom stereocenters. The Hall–Kier alpha value is -0.501. The minimum atomic E-state index is -2.25. The van der Waals surface area contributed by atoms with Gasteiger partial charge in [0, 0.05) is 0 Å². The topological polar surface area (TPSA) is 0 Å². The normalized spacial score (nSPS) is 12.0. The average Bonchev–Trinajstić information content (AvgIpc) is 2.93. The van der Waals surface area contributed by atoms with Crippen molar-refractivity contribution in [3.63, 3.8) is 0 Å². The third-order valence-corrected chi connectivity index (χ3v) is 21.1. The molecular formula is C22H34Sn. The standard InChI is InChI=1S/C10H7.3C4H9.Sn/c1-2-5-9-7-4-8-10(9)6-3-1;3*1-3-4-2;/h2-8H;3*1,3-4H2,2H3;. The van der Waals surface area contributed by atoms with Crippen molar-refractivity contribution >= 4 is 22.0 Å². The summed E-state index contributed by atoms with van der Waals surface area (Å²) in [5.41, 5.74) is 2.80. The van der Waals surface area contributed by atoms with Gasteiger partial charge in [-0.1, -0.05) is 0 Å². The Morgan fingerprint density at radius 3 is 1.43 bits per heavy atom. The molecule has 0 unspecified atom stereocenters. The van der Waals surface area contributed by atoms with E-state index in [1.807, 2.05) is 0 Å². The van der Waals surface area contributed by atoms with Crippen LogP contribution in [0.15, 0.2) is 42.5 Å². The monoisotopic (exact) mass is 418 g/mol. The van der Waals surface area contributed by atoms with Gasteiger partial charge in [0.05, 0.1) is 0 Å². The van der Waals surface area contributed by atoms with E-state index in [9.17, 15) is 0 Å². The van der Waals surface area contributed by atoms with Gasteiger partial charge in [0.2, 0.25) is 0 Å². The SMILES string of the molecule is CCC[CH2][Sn]([CH2]CCC)([CH2]CCC)[c]1ccc2cccc-2cc1. The van der Waals surface area contributed by atoms with E-state index in [2.05, 4.69) is 63.2 Å². The van der Waals surface area contributed by atoms with Crippen molar-refractivity contribution in [3.8, 4) is 11.1 Å². The molecule has 0 aromatic heterocycles. The molecule has 0 heterocycles. The fourth-order valence-electron chi connectivity index (χ4n) is 3.87. The first-order chi connectivity index (χ1) is 11.3. The van der Waals surface area contributed by atoms with E-state index >= 15 is 0 Å². The van der Waals surface area contributed by atoms with Gasteiger partial charge in [-0.15, -0.1) is 0 Å². The molecular weight excluding hydrogens is 383 g/mol. The summed E-state index contributed by atoms with van der Waals surface area (Å²) < 4.78 is 6.45.